The second-order valence-corrected chi connectivity index (χ2v) is 4.22. The van der Waals surface area contributed by atoms with Crippen LogP contribution in [0.4, 0.5) is 10.1 Å². The van der Waals surface area contributed by atoms with Crippen LogP contribution in [0, 0.1) is 5.82 Å². The van der Waals surface area contributed by atoms with Gasteiger partial charge in [0.25, 0.3) is 5.91 Å². The van der Waals surface area contributed by atoms with Gasteiger partial charge in [0.05, 0.1) is 6.61 Å². The molecule has 0 unspecified atom stereocenters. The van der Waals surface area contributed by atoms with Crippen molar-refractivity contribution < 1.29 is 18.7 Å². The molecule has 0 aliphatic heterocycles. The number of ether oxygens (including phenoxy) is 1. The smallest absolute Gasteiger partial charge is 0.356 e. The summed E-state index contributed by atoms with van der Waals surface area (Å²) in [6, 6.07) is 6.82. The minimum Gasteiger partial charge on any atom is -0.461 e. The molecule has 1 aromatic carbocycles. The van der Waals surface area contributed by atoms with Crippen LogP contribution in [0.15, 0.2) is 30.3 Å². The summed E-state index contributed by atoms with van der Waals surface area (Å²) in [7, 11) is 1.53. The summed E-state index contributed by atoms with van der Waals surface area (Å²) in [6.45, 7) is 1.92. The number of hydrogen-bond donors (Lipinski definition) is 1. The maximum atomic E-state index is 13.0. The van der Waals surface area contributed by atoms with Crippen molar-refractivity contribution in [2.75, 3.05) is 11.9 Å². The van der Waals surface area contributed by atoms with Crippen LogP contribution in [0.3, 0.4) is 0 Å². The fourth-order valence-corrected chi connectivity index (χ4v) is 1.74. The van der Waals surface area contributed by atoms with Gasteiger partial charge in [0.1, 0.15) is 11.5 Å². The first-order chi connectivity index (χ1) is 10.0. The molecule has 0 saturated heterocycles. The van der Waals surface area contributed by atoms with E-state index in [2.05, 4.69) is 10.4 Å². The Morgan fingerprint density at radius 1 is 1.38 bits per heavy atom. The minimum atomic E-state index is -0.558. The van der Waals surface area contributed by atoms with Crippen molar-refractivity contribution in [1.29, 1.82) is 0 Å². The predicted octanol–water partition coefficient (Wildman–Crippen LogP) is 1.99. The van der Waals surface area contributed by atoms with Crippen LogP contribution in [-0.4, -0.2) is 28.3 Å². The van der Waals surface area contributed by atoms with Crippen LogP contribution in [0.2, 0.25) is 0 Å². The average Bonchev–Trinajstić information content (AvgIpc) is 2.81. The Hall–Kier alpha value is -2.70. The highest BCUT2D eigenvalue weighted by atomic mass is 19.1. The van der Waals surface area contributed by atoms with Crippen LogP contribution >= 0.6 is 0 Å². The first-order valence-corrected chi connectivity index (χ1v) is 6.29. The van der Waals surface area contributed by atoms with Crippen molar-refractivity contribution in [3.63, 3.8) is 0 Å². The van der Waals surface area contributed by atoms with Crippen LogP contribution in [0.5, 0.6) is 0 Å². The van der Waals surface area contributed by atoms with Gasteiger partial charge in [0, 0.05) is 18.8 Å². The number of esters is 1. The van der Waals surface area contributed by atoms with Gasteiger partial charge in [0.2, 0.25) is 0 Å². The van der Waals surface area contributed by atoms with E-state index in [0.29, 0.717) is 5.69 Å². The molecular formula is C14H14FN3O3. The Labute approximate surface area is 120 Å². The zero-order valence-corrected chi connectivity index (χ0v) is 11.6. The lowest BCUT2D eigenvalue weighted by molar-refractivity contribution is 0.0513. The fraction of sp³-hybridized carbons (Fsp3) is 0.214. The maximum absolute atomic E-state index is 13.0. The number of halogens is 1. The summed E-state index contributed by atoms with van der Waals surface area (Å²) in [5.74, 6) is -1.55. The molecule has 1 amide bonds. The van der Waals surface area contributed by atoms with E-state index in [9.17, 15) is 14.0 Å². The Morgan fingerprint density at radius 3 is 2.81 bits per heavy atom. The number of carbonyl (C=O) groups excluding carboxylic acids is 2. The Kier molecular flexibility index (Phi) is 4.32. The van der Waals surface area contributed by atoms with Crippen molar-refractivity contribution in [3.05, 3.63) is 47.5 Å². The van der Waals surface area contributed by atoms with Gasteiger partial charge in [-0.3, -0.25) is 9.48 Å². The quantitative estimate of drug-likeness (QED) is 0.874. The molecule has 0 atom stereocenters. The molecule has 1 aromatic heterocycles. The van der Waals surface area contributed by atoms with E-state index in [-0.39, 0.29) is 18.0 Å². The molecule has 7 heteroatoms. The van der Waals surface area contributed by atoms with Crippen LogP contribution in [0.25, 0.3) is 0 Å². The summed E-state index contributed by atoms with van der Waals surface area (Å²) in [5, 5.41) is 6.45. The SMILES string of the molecule is CCOC(=O)c1cc(C(=O)Nc2cccc(F)c2)nn1C. The molecule has 0 fully saturated rings. The molecule has 1 N–H and O–H groups in total. The van der Waals surface area contributed by atoms with E-state index in [1.165, 1.54) is 36.0 Å². The summed E-state index contributed by atoms with van der Waals surface area (Å²) in [5.41, 5.74) is 0.523. The predicted molar refractivity (Wildman–Crippen MR) is 73.5 cm³/mol. The summed E-state index contributed by atoms with van der Waals surface area (Å²) >= 11 is 0. The van der Waals surface area contributed by atoms with E-state index in [0.717, 1.165) is 0 Å². The molecule has 1 heterocycles. The number of aromatic nitrogens is 2. The normalized spacial score (nSPS) is 10.2. The number of carbonyl (C=O) groups is 2. The Balaban J connectivity index is 2.17. The number of aryl methyl sites for hydroxylation is 1. The molecule has 21 heavy (non-hydrogen) atoms. The van der Waals surface area contributed by atoms with E-state index < -0.39 is 17.7 Å². The summed E-state index contributed by atoms with van der Waals surface area (Å²) < 4.78 is 19.2. The average molecular weight is 291 g/mol. The highest BCUT2D eigenvalue weighted by Gasteiger charge is 2.18. The number of amides is 1. The van der Waals surface area contributed by atoms with Crippen molar-refractivity contribution >= 4 is 17.6 Å². The van der Waals surface area contributed by atoms with Gasteiger partial charge in [-0.2, -0.15) is 5.10 Å². The molecule has 0 bridgehead atoms. The number of nitrogens with zero attached hydrogens (tertiary/aromatic N) is 2. The number of rotatable bonds is 4. The van der Waals surface area contributed by atoms with E-state index in [1.807, 2.05) is 0 Å². The molecule has 0 radical (unpaired) electrons. The second-order valence-electron chi connectivity index (χ2n) is 4.22. The lowest BCUT2D eigenvalue weighted by Crippen LogP contribution is -2.13. The van der Waals surface area contributed by atoms with Crippen LogP contribution in [-0.2, 0) is 11.8 Å². The van der Waals surface area contributed by atoms with Gasteiger partial charge in [-0.25, -0.2) is 9.18 Å². The standard InChI is InChI=1S/C14H14FN3O3/c1-3-21-14(20)12-8-11(17-18(12)2)13(19)16-10-6-4-5-9(15)7-10/h4-8H,3H2,1-2H3,(H,16,19). The third kappa shape index (κ3) is 3.44. The van der Waals surface area contributed by atoms with Crippen molar-refractivity contribution in [1.82, 2.24) is 9.78 Å². The van der Waals surface area contributed by atoms with E-state index in [1.54, 1.807) is 13.0 Å². The Morgan fingerprint density at radius 2 is 2.14 bits per heavy atom. The van der Waals surface area contributed by atoms with E-state index >= 15 is 0 Å². The monoisotopic (exact) mass is 291 g/mol. The van der Waals surface area contributed by atoms with Gasteiger partial charge in [-0.05, 0) is 25.1 Å². The number of hydrogen-bond acceptors (Lipinski definition) is 4. The van der Waals surface area contributed by atoms with E-state index in [4.69, 9.17) is 4.74 Å². The van der Waals surface area contributed by atoms with Crippen LogP contribution in [0.1, 0.15) is 27.9 Å². The molecule has 2 aromatic rings. The largest absolute Gasteiger partial charge is 0.461 e. The van der Waals surface area contributed by atoms with Gasteiger partial charge >= 0.3 is 5.97 Å². The highest BCUT2D eigenvalue weighted by Crippen LogP contribution is 2.12. The van der Waals surface area contributed by atoms with Crippen molar-refractivity contribution in [3.8, 4) is 0 Å². The van der Waals surface area contributed by atoms with Gasteiger partial charge < -0.3 is 10.1 Å². The van der Waals surface area contributed by atoms with Gasteiger partial charge in [-0.15, -0.1) is 0 Å². The molecule has 2 rings (SSSR count). The summed E-state index contributed by atoms with van der Waals surface area (Å²) in [6.07, 6.45) is 0. The van der Waals surface area contributed by atoms with Gasteiger partial charge in [-0.1, -0.05) is 6.07 Å². The maximum Gasteiger partial charge on any atom is 0.356 e. The van der Waals surface area contributed by atoms with Crippen molar-refractivity contribution in [2.45, 2.75) is 6.92 Å². The number of anilines is 1. The number of benzene rings is 1. The third-order valence-corrected chi connectivity index (χ3v) is 2.68. The first-order valence-electron chi connectivity index (χ1n) is 6.29. The fourth-order valence-electron chi connectivity index (χ4n) is 1.74. The lowest BCUT2D eigenvalue weighted by Gasteiger charge is -2.02. The third-order valence-electron chi connectivity index (χ3n) is 2.68. The molecule has 0 saturated carbocycles. The van der Waals surface area contributed by atoms with Crippen molar-refractivity contribution in [2.24, 2.45) is 7.05 Å². The number of nitrogens with one attached hydrogen (secondary N) is 1. The summed E-state index contributed by atoms with van der Waals surface area (Å²) in [4.78, 5) is 23.6. The highest BCUT2D eigenvalue weighted by molar-refractivity contribution is 6.04. The molecule has 6 nitrogen and oxygen atoms in total. The molecular weight excluding hydrogens is 277 g/mol. The van der Waals surface area contributed by atoms with Crippen LogP contribution < -0.4 is 5.32 Å². The van der Waals surface area contributed by atoms with Gasteiger partial charge in [0.15, 0.2) is 5.69 Å². The first kappa shape index (κ1) is 14.7. The topological polar surface area (TPSA) is 73.2 Å². The Bertz CT molecular complexity index is 682. The molecule has 0 aliphatic carbocycles. The zero-order valence-electron chi connectivity index (χ0n) is 11.6. The lowest BCUT2D eigenvalue weighted by atomic mass is 10.3. The molecule has 110 valence electrons. The molecule has 0 aliphatic rings. The second kappa shape index (κ2) is 6.17. The minimum absolute atomic E-state index is 0.0461. The zero-order chi connectivity index (χ0) is 15.4. The molecule has 0 spiro atoms.